The number of carbonyl (C=O) groups is 2. The van der Waals surface area contributed by atoms with Crippen LogP contribution in [0.25, 0.3) is 0 Å². The number of thioether (sulfide) groups is 2. The van der Waals surface area contributed by atoms with Crippen LogP contribution < -0.4 is 25.4 Å². The van der Waals surface area contributed by atoms with Crippen LogP contribution in [0.15, 0.2) is 82.8 Å². The Balaban J connectivity index is 0.000000198. The number of amides is 2. The highest BCUT2D eigenvalue weighted by Crippen LogP contribution is 2.29. The van der Waals surface area contributed by atoms with Crippen LogP contribution in [-0.4, -0.2) is 84.5 Å². The van der Waals surface area contributed by atoms with Crippen molar-refractivity contribution in [2.45, 2.75) is 47.6 Å². The predicted molar refractivity (Wildman–Crippen MR) is 196 cm³/mol. The molecular formula is C37H42F2N6O4S2. The molecule has 0 aliphatic carbocycles. The number of likely N-dealkylation sites (tertiary alicyclic amines) is 1. The molecule has 0 saturated carbocycles. The zero-order valence-electron chi connectivity index (χ0n) is 28.8. The third-order valence-corrected chi connectivity index (χ3v) is 9.82. The molecule has 0 radical (unpaired) electrons. The van der Waals surface area contributed by atoms with Crippen molar-refractivity contribution in [3.63, 3.8) is 0 Å². The number of pyridine rings is 2. The van der Waals surface area contributed by atoms with Gasteiger partial charge in [-0.15, -0.1) is 23.5 Å². The van der Waals surface area contributed by atoms with E-state index in [1.807, 2.05) is 48.9 Å². The number of aromatic nitrogens is 2. The summed E-state index contributed by atoms with van der Waals surface area (Å²) in [6.07, 6.45) is 9.48. The second kappa shape index (κ2) is 18.8. The smallest absolute Gasteiger partial charge is 0.257 e. The Morgan fingerprint density at radius 3 is 1.65 bits per heavy atom. The van der Waals surface area contributed by atoms with Gasteiger partial charge in [0.25, 0.3) is 11.8 Å². The molecule has 270 valence electrons. The van der Waals surface area contributed by atoms with Crippen LogP contribution in [0.3, 0.4) is 0 Å². The van der Waals surface area contributed by atoms with Crippen molar-refractivity contribution in [1.82, 2.24) is 30.8 Å². The Hall–Kier alpha value is -4.24. The zero-order chi connectivity index (χ0) is 36.2. The van der Waals surface area contributed by atoms with E-state index in [0.717, 1.165) is 80.1 Å². The fraction of sp³-hybridized carbons (Fsp3) is 0.351. The van der Waals surface area contributed by atoms with Crippen molar-refractivity contribution in [1.29, 1.82) is 0 Å². The fourth-order valence-electron chi connectivity index (χ4n) is 5.54. The molecule has 4 heterocycles. The van der Waals surface area contributed by atoms with Gasteiger partial charge in [0.15, 0.2) is 0 Å². The molecule has 2 aliphatic rings. The first-order valence-electron chi connectivity index (χ1n) is 16.7. The largest absolute Gasteiger partial charge is 0.438 e. The number of piperidine rings is 2. The van der Waals surface area contributed by atoms with E-state index in [4.69, 9.17) is 9.47 Å². The van der Waals surface area contributed by atoms with Crippen LogP contribution in [0.1, 0.15) is 46.4 Å². The van der Waals surface area contributed by atoms with E-state index < -0.39 is 11.6 Å². The minimum Gasteiger partial charge on any atom is -0.438 e. The summed E-state index contributed by atoms with van der Waals surface area (Å²) in [4.78, 5) is 37.5. The number of hydrogen-bond donors (Lipinski definition) is 3. The first-order valence-corrected chi connectivity index (χ1v) is 19.1. The Labute approximate surface area is 305 Å². The van der Waals surface area contributed by atoms with Crippen LogP contribution in [-0.2, 0) is 0 Å². The number of benzene rings is 2. The molecule has 0 spiro atoms. The van der Waals surface area contributed by atoms with Crippen LogP contribution in [0, 0.1) is 11.6 Å². The van der Waals surface area contributed by atoms with Crippen LogP contribution >= 0.6 is 23.5 Å². The highest BCUT2D eigenvalue weighted by molar-refractivity contribution is 7.98. The Bertz CT molecular complexity index is 1790. The lowest BCUT2D eigenvalue weighted by atomic mass is 10.1. The van der Waals surface area contributed by atoms with Gasteiger partial charge in [0.1, 0.15) is 34.3 Å². The highest BCUT2D eigenvalue weighted by Gasteiger charge is 2.23. The summed E-state index contributed by atoms with van der Waals surface area (Å²) in [7, 11) is 2.06. The molecule has 2 aromatic carbocycles. The zero-order valence-corrected chi connectivity index (χ0v) is 30.4. The molecule has 6 rings (SSSR count). The summed E-state index contributed by atoms with van der Waals surface area (Å²) < 4.78 is 38.8. The van der Waals surface area contributed by atoms with Crippen molar-refractivity contribution in [3.05, 3.63) is 95.8 Å². The highest BCUT2D eigenvalue weighted by atomic mass is 32.2. The molecular weight excluding hydrogens is 695 g/mol. The maximum atomic E-state index is 13.7. The number of halogens is 2. The van der Waals surface area contributed by atoms with E-state index >= 15 is 0 Å². The normalized spacial score (nSPS) is 15.3. The summed E-state index contributed by atoms with van der Waals surface area (Å²) in [5.41, 5.74) is 0.214. The van der Waals surface area contributed by atoms with Crippen LogP contribution in [0.2, 0.25) is 0 Å². The summed E-state index contributed by atoms with van der Waals surface area (Å²) >= 11 is 3.17. The lowest BCUT2D eigenvalue weighted by molar-refractivity contribution is 0.0909. The van der Waals surface area contributed by atoms with Crippen molar-refractivity contribution < 1.29 is 27.8 Å². The van der Waals surface area contributed by atoms with Crippen molar-refractivity contribution in [2.75, 3.05) is 45.7 Å². The molecule has 2 saturated heterocycles. The Morgan fingerprint density at radius 1 is 0.745 bits per heavy atom. The average Bonchev–Trinajstić information content (AvgIpc) is 3.15. The van der Waals surface area contributed by atoms with Gasteiger partial charge < -0.3 is 30.3 Å². The third kappa shape index (κ3) is 11.4. The van der Waals surface area contributed by atoms with E-state index in [9.17, 15) is 18.4 Å². The van der Waals surface area contributed by atoms with Gasteiger partial charge in [-0.1, -0.05) is 12.1 Å². The second-order valence-electron chi connectivity index (χ2n) is 12.1. The monoisotopic (exact) mass is 736 g/mol. The van der Waals surface area contributed by atoms with Crippen molar-refractivity contribution in [3.8, 4) is 23.3 Å². The lowest BCUT2D eigenvalue weighted by Crippen LogP contribution is -2.43. The van der Waals surface area contributed by atoms with Gasteiger partial charge in [0.05, 0.1) is 12.4 Å². The lowest BCUT2D eigenvalue weighted by Gasteiger charge is -2.29. The Morgan fingerprint density at radius 2 is 1.20 bits per heavy atom. The molecule has 2 amide bonds. The third-order valence-electron chi connectivity index (χ3n) is 8.36. The standard InChI is InChI=1S/C19H22FN3O2S.C18H20FN3O2S/c1-23-8-6-14(7-9-23)22-18(24)17-10-13(20)12-21-19(17)25-15-4-3-5-16(11-15)26-2;1-25-15-4-2-3-14(10-15)24-18-16(9-12(19)11-21-18)17(23)22-13-5-7-20-8-6-13/h3-5,10-12,14H,6-9H2,1-2H3,(H,22,24);2-4,9-11,13,20H,5-8H2,1H3,(H,22,23). The summed E-state index contributed by atoms with van der Waals surface area (Å²) in [6, 6.07) is 17.4. The minimum atomic E-state index is -0.569. The first-order chi connectivity index (χ1) is 24.7. The van der Waals surface area contributed by atoms with Gasteiger partial charge in [-0.2, -0.15) is 0 Å². The molecule has 0 unspecified atom stereocenters. The van der Waals surface area contributed by atoms with Crippen LogP contribution in [0.4, 0.5) is 8.78 Å². The maximum Gasteiger partial charge on any atom is 0.257 e. The van der Waals surface area contributed by atoms with Gasteiger partial charge in [-0.25, -0.2) is 18.7 Å². The molecule has 2 aromatic heterocycles. The molecule has 0 atom stereocenters. The van der Waals surface area contributed by atoms with Gasteiger partial charge in [0.2, 0.25) is 11.8 Å². The van der Waals surface area contributed by atoms with Gasteiger partial charge >= 0.3 is 0 Å². The number of nitrogens with zero attached hydrogens (tertiary/aromatic N) is 3. The molecule has 3 N–H and O–H groups in total. The average molecular weight is 737 g/mol. The molecule has 4 aromatic rings. The van der Waals surface area contributed by atoms with Crippen molar-refractivity contribution >= 4 is 35.3 Å². The van der Waals surface area contributed by atoms with Crippen molar-refractivity contribution in [2.24, 2.45) is 0 Å². The van der Waals surface area contributed by atoms with E-state index in [1.54, 1.807) is 35.7 Å². The van der Waals surface area contributed by atoms with Gasteiger partial charge in [-0.05, 0) is 120 Å². The molecule has 2 aliphatic heterocycles. The number of carbonyl (C=O) groups excluding carboxylic acids is 2. The van der Waals surface area contributed by atoms with Gasteiger partial charge in [0, 0.05) is 21.9 Å². The summed E-state index contributed by atoms with van der Waals surface area (Å²) in [6.45, 7) is 3.57. The fourth-order valence-corrected chi connectivity index (χ4v) is 6.44. The summed E-state index contributed by atoms with van der Waals surface area (Å²) in [5.74, 6) is -0.533. The SMILES string of the molecule is CSc1cccc(Oc2ncc(F)cc2C(=O)NC2CCN(C)CC2)c1.CSc1cccc(Oc2ncc(F)cc2C(=O)NC2CCNCC2)c1. The number of rotatable bonds is 10. The number of ether oxygens (including phenoxy) is 2. The molecule has 51 heavy (non-hydrogen) atoms. The number of hydrogen-bond acceptors (Lipinski definition) is 10. The van der Waals surface area contributed by atoms with Crippen LogP contribution in [0.5, 0.6) is 23.3 Å². The number of nitrogens with one attached hydrogen (secondary N) is 3. The maximum absolute atomic E-state index is 13.7. The van der Waals surface area contributed by atoms with E-state index in [1.165, 1.54) is 6.07 Å². The Kier molecular flexibility index (Phi) is 14.0. The summed E-state index contributed by atoms with van der Waals surface area (Å²) in [5, 5.41) is 9.16. The second-order valence-corrected chi connectivity index (χ2v) is 13.9. The minimum absolute atomic E-state index is 0.0738. The molecule has 2 fully saturated rings. The first kappa shape index (κ1) is 38.0. The quantitative estimate of drug-likeness (QED) is 0.151. The molecule has 10 nitrogen and oxygen atoms in total. The predicted octanol–water partition coefficient (Wildman–Crippen LogP) is 6.78. The molecule has 0 bridgehead atoms. The van der Waals surface area contributed by atoms with Gasteiger partial charge in [-0.3, -0.25) is 9.59 Å². The topological polar surface area (TPSA) is 118 Å². The molecule has 14 heteroatoms. The van der Waals surface area contributed by atoms with E-state index in [0.29, 0.717) is 11.5 Å². The van der Waals surface area contributed by atoms with E-state index in [2.05, 4.69) is 37.9 Å². The van der Waals surface area contributed by atoms with E-state index in [-0.39, 0.29) is 46.8 Å².